The van der Waals surface area contributed by atoms with Gasteiger partial charge in [0.05, 0.1) is 12.4 Å². The maximum absolute atomic E-state index is 13.9. The molecule has 0 radical (unpaired) electrons. The van der Waals surface area contributed by atoms with Gasteiger partial charge in [-0.05, 0) is 58.0 Å². The molecule has 0 saturated heterocycles. The Bertz CT molecular complexity index is 723. The molecule has 0 N–H and O–H groups in total. The average Bonchev–Trinajstić information content (AvgIpc) is 2.57. The summed E-state index contributed by atoms with van der Waals surface area (Å²) in [4.78, 5) is 4.13. The summed E-state index contributed by atoms with van der Waals surface area (Å²) in [6.07, 6.45) is 2.79. The van der Waals surface area contributed by atoms with Gasteiger partial charge in [-0.2, -0.15) is 0 Å². The lowest BCUT2D eigenvalue weighted by Crippen LogP contribution is -2.25. The van der Waals surface area contributed by atoms with Crippen molar-refractivity contribution >= 4 is 17.6 Å². The standard InChI is InChI=1S/C17H19FN2O2S/c1-12-5-6-15(11-19-12)22-14-7-8-16(18)13(9-14)10-20-23(21)17(2,3)4/h5-11H,1-4H3/t23-/m1/s1/i2D. The molecule has 0 amide bonds. The fraction of sp³-hybridized carbons (Fsp3) is 0.294. The molecule has 2 aromatic rings. The molecular formula is C17H19FN2O2S. The SMILES string of the molecule is [2H]CC(C)(C)[S@@+]([O-])N=Cc1cc(Oc2ccc(C)nc2)ccc1F. The Labute approximate surface area is 140 Å². The Morgan fingerprint density at radius 2 is 2.09 bits per heavy atom. The van der Waals surface area contributed by atoms with E-state index >= 15 is 0 Å². The Hall–Kier alpha value is -1.92. The number of aryl methyl sites for hydroxylation is 1. The van der Waals surface area contributed by atoms with Gasteiger partial charge in [-0.15, -0.1) is 0 Å². The van der Waals surface area contributed by atoms with Crippen LogP contribution >= 0.6 is 0 Å². The van der Waals surface area contributed by atoms with Crippen LogP contribution in [0, 0.1) is 12.7 Å². The molecule has 4 nitrogen and oxygen atoms in total. The van der Waals surface area contributed by atoms with E-state index in [1.807, 2.05) is 13.0 Å². The van der Waals surface area contributed by atoms with Gasteiger partial charge in [0.25, 0.3) is 0 Å². The van der Waals surface area contributed by atoms with Gasteiger partial charge in [0, 0.05) is 12.6 Å². The van der Waals surface area contributed by atoms with Gasteiger partial charge in [-0.25, -0.2) is 4.39 Å². The number of rotatable bonds is 4. The molecule has 0 bridgehead atoms. The van der Waals surface area contributed by atoms with Crippen LogP contribution in [-0.4, -0.2) is 20.5 Å². The van der Waals surface area contributed by atoms with Crippen LogP contribution in [0.1, 0.15) is 33.4 Å². The minimum atomic E-state index is -1.62. The van der Waals surface area contributed by atoms with E-state index in [0.29, 0.717) is 11.5 Å². The zero-order valence-electron chi connectivity index (χ0n) is 14.2. The number of hydrogen-bond acceptors (Lipinski definition) is 4. The maximum atomic E-state index is 13.9. The molecule has 0 aliphatic carbocycles. The van der Waals surface area contributed by atoms with Gasteiger partial charge in [0.2, 0.25) is 0 Å². The van der Waals surface area contributed by atoms with E-state index in [1.165, 1.54) is 24.4 Å². The molecule has 1 aromatic carbocycles. The number of benzene rings is 1. The number of ether oxygens (including phenoxy) is 1. The lowest BCUT2D eigenvalue weighted by atomic mass is 10.2. The van der Waals surface area contributed by atoms with Gasteiger partial charge >= 0.3 is 0 Å². The maximum Gasteiger partial charge on any atom is 0.145 e. The summed E-state index contributed by atoms with van der Waals surface area (Å²) in [7, 11) is 0. The van der Waals surface area contributed by atoms with Crippen LogP contribution in [0.3, 0.4) is 0 Å². The molecule has 0 unspecified atom stereocenters. The van der Waals surface area contributed by atoms with Crippen molar-refractivity contribution in [1.29, 1.82) is 0 Å². The fourth-order valence-electron chi connectivity index (χ4n) is 1.58. The molecule has 0 aliphatic rings. The first-order chi connectivity index (χ1) is 11.3. The number of hydrogen-bond donors (Lipinski definition) is 0. The number of halogens is 1. The lowest BCUT2D eigenvalue weighted by molar-refractivity contribution is 0.478. The van der Waals surface area contributed by atoms with Crippen LogP contribution in [0.2, 0.25) is 0 Å². The number of nitrogens with zero attached hydrogens (tertiary/aromatic N) is 2. The summed E-state index contributed by atoms with van der Waals surface area (Å²) in [5.41, 5.74) is 1.04. The summed E-state index contributed by atoms with van der Waals surface area (Å²) in [6.45, 7) is 5.18. The van der Waals surface area contributed by atoms with Gasteiger partial charge in [-0.3, -0.25) is 4.98 Å². The van der Waals surface area contributed by atoms with E-state index in [2.05, 4.69) is 9.38 Å². The molecule has 0 saturated carbocycles. The Balaban J connectivity index is 2.18. The highest BCUT2D eigenvalue weighted by Crippen LogP contribution is 2.23. The van der Waals surface area contributed by atoms with Crippen LogP contribution in [0.25, 0.3) is 0 Å². The third-order valence-corrected chi connectivity index (χ3v) is 4.09. The summed E-state index contributed by atoms with van der Waals surface area (Å²) in [5.74, 6) is 0.469. The zero-order chi connectivity index (χ0) is 17.7. The molecule has 6 heteroatoms. The summed E-state index contributed by atoms with van der Waals surface area (Å²) < 4.78 is 42.0. The Morgan fingerprint density at radius 3 is 2.74 bits per heavy atom. The highest BCUT2D eigenvalue weighted by Gasteiger charge is 2.25. The van der Waals surface area contributed by atoms with Crippen molar-refractivity contribution < 1.29 is 15.1 Å². The number of aromatic nitrogens is 1. The molecule has 1 heterocycles. The van der Waals surface area contributed by atoms with Crippen molar-refractivity contribution in [2.24, 2.45) is 4.40 Å². The molecule has 0 spiro atoms. The van der Waals surface area contributed by atoms with Crippen LogP contribution < -0.4 is 4.74 Å². The lowest BCUT2D eigenvalue weighted by Gasteiger charge is -2.17. The normalized spacial score (nSPS) is 13.9. The second-order valence-corrected chi connectivity index (χ2v) is 7.48. The molecule has 122 valence electrons. The molecule has 2 rings (SSSR count). The highest BCUT2D eigenvalue weighted by molar-refractivity contribution is 7.91. The number of pyridine rings is 1. The average molecular weight is 335 g/mol. The summed E-state index contributed by atoms with van der Waals surface area (Å²) in [5, 5.41) is 0. The van der Waals surface area contributed by atoms with Crippen LogP contribution in [0.15, 0.2) is 40.9 Å². The molecule has 0 fully saturated rings. The minimum Gasteiger partial charge on any atom is -0.591 e. The van der Waals surface area contributed by atoms with Gasteiger partial charge in [0.1, 0.15) is 33.4 Å². The molecule has 23 heavy (non-hydrogen) atoms. The van der Waals surface area contributed by atoms with Crippen LogP contribution in [0.5, 0.6) is 11.5 Å². The monoisotopic (exact) mass is 335 g/mol. The van der Waals surface area contributed by atoms with E-state index in [9.17, 15) is 8.94 Å². The molecule has 1 atom stereocenters. The first-order valence-electron chi connectivity index (χ1n) is 7.68. The summed E-state index contributed by atoms with van der Waals surface area (Å²) >= 11 is -1.62. The van der Waals surface area contributed by atoms with E-state index in [-0.39, 0.29) is 12.5 Å². The Kier molecular flexibility index (Phi) is 4.93. The van der Waals surface area contributed by atoms with Gasteiger partial charge < -0.3 is 9.29 Å². The van der Waals surface area contributed by atoms with Crippen molar-refractivity contribution in [2.75, 3.05) is 0 Å². The second-order valence-electron chi connectivity index (χ2n) is 5.66. The van der Waals surface area contributed by atoms with Gasteiger partial charge in [-0.1, -0.05) is 4.40 Å². The first kappa shape index (κ1) is 16.0. The summed E-state index contributed by atoms with van der Waals surface area (Å²) in [6, 6.07) is 7.82. The molecule has 1 aromatic heterocycles. The third-order valence-electron chi connectivity index (χ3n) is 2.85. The van der Waals surface area contributed by atoms with Crippen molar-refractivity contribution in [3.05, 3.63) is 53.6 Å². The van der Waals surface area contributed by atoms with Crippen LogP contribution in [0.4, 0.5) is 4.39 Å². The molecular weight excluding hydrogens is 315 g/mol. The van der Waals surface area contributed by atoms with Crippen molar-refractivity contribution in [3.63, 3.8) is 0 Å². The largest absolute Gasteiger partial charge is 0.591 e. The quantitative estimate of drug-likeness (QED) is 0.621. The van der Waals surface area contributed by atoms with Crippen molar-refractivity contribution in [3.8, 4) is 11.5 Å². The minimum absolute atomic E-state index is 0.0387. The van der Waals surface area contributed by atoms with Gasteiger partial charge in [0.15, 0.2) is 0 Å². The smallest absolute Gasteiger partial charge is 0.145 e. The highest BCUT2D eigenvalue weighted by atomic mass is 32.2. The van der Waals surface area contributed by atoms with E-state index < -0.39 is 21.9 Å². The van der Waals surface area contributed by atoms with E-state index in [1.54, 1.807) is 26.1 Å². The second kappa shape index (κ2) is 7.10. The van der Waals surface area contributed by atoms with Crippen molar-refractivity contribution in [2.45, 2.75) is 32.4 Å². The van der Waals surface area contributed by atoms with Crippen LogP contribution in [-0.2, 0) is 11.4 Å². The third kappa shape index (κ3) is 5.04. The fourth-order valence-corrected chi connectivity index (χ4v) is 2.08. The van der Waals surface area contributed by atoms with E-state index in [4.69, 9.17) is 6.11 Å². The Morgan fingerprint density at radius 1 is 1.35 bits per heavy atom. The zero-order valence-corrected chi connectivity index (χ0v) is 14.1. The topological polar surface area (TPSA) is 57.5 Å². The van der Waals surface area contributed by atoms with E-state index in [0.717, 1.165) is 5.69 Å². The predicted octanol–water partition coefficient (Wildman–Crippen LogP) is 4.20. The predicted molar refractivity (Wildman–Crippen MR) is 90.9 cm³/mol. The first-order valence-corrected chi connectivity index (χ1v) is 8.08. The molecule has 0 aliphatic heterocycles. The van der Waals surface area contributed by atoms with Crippen molar-refractivity contribution in [1.82, 2.24) is 4.98 Å².